The Labute approximate surface area is 116 Å². The molecule has 1 aromatic rings. The Morgan fingerprint density at radius 2 is 2.10 bits per heavy atom. The van der Waals surface area contributed by atoms with Crippen LogP contribution in [0.3, 0.4) is 0 Å². The highest BCUT2D eigenvalue weighted by Crippen LogP contribution is 2.26. The van der Waals surface area contributed by atoms with Crippen molar-refractivity contribution in [2.24, 2.45) is 11.8 Å². The zero-order valence-electron chi connectivity index (χ0n) is 11.3. The molecular weight excluding hydrogens is 260 g/mol. The summed E-state index contributed by atoms with van der Waals surface area (Å²) in [4.78, 5) is 24.6. The molecule has 0 atom stereocenters. The Morgan fingerprint density at radius 1 is 1.45 bits per heavy atom. The first-order valence-electron chi connectivity index (χ1n) is 6.57. The van der Waals surface area contributed by atoms with E-state index in [1.165, 1.54) is 18.2 Å². The second-order valence-electron chi connectivity index (χ2n) is 5.11. The van der Waals surface area contributed by atoms with E-state index in [2.05, 4.69) is 12.3 Å². The van der Waals surface area contributed by atoms with Gasteiger partial charge in [-0.25, -0.2) is 0 Å². The lowest BCUT2D eigenvalue weighted by atomic mass is 9.98. The molecule has 1 amide bonds. The molecule has 1 aliphatic rings. The highest BCUT2D eigenvalue weighted by molar-refractivity contribution is 5.99. The van der Waals surface area contributed by atoms with Crippen molar-refractivity contribution in [3.05, 3.63) is 33.9 Å². The Bertz CT molecular complexity index is 524. The summed E-state index contributed by atoms with van der Waals surface area (Å²) in [7, 11) is 0. The van der Waals surface area contributed by atoms with Gasteiger partial charge in [0, 0.05) is 24.8 Å². The SMILES string of the molecule is CC1CCN(C(=O)c2cc(NN)ccc2[N+](=O)[O-])CC1. The summed E-state index contributed by atoms with van der Waals surface area (Å²) < 4.78 is 0. The molecule has 0 unspecified atom stereocenters. The molecule has 0 aliphatic carbocycles. The lowest BCUT2D eigenvalue weighted by Crippen LogP contribution is -2.38. The van der Waals surface area contributed by atoms with E-state index in [9.17, 15) is 14.9 Å². The van der Waals surface area contributed by atoms with Crippen molar-refractivity contribution in [3.8, 4) is 0 Å². The summed E-state index contributed by atoms with van der Waals surface area (Å²) in [5.74, 6) is 5.58. The minimum Gasteiger partial charge on any atom is -0.338 e. The lowest BCUT2D eigenvalue weighted by molar-refractivity contribution is -0.385. The fraction of sp³-hybridized carbons (Fsp3) is 0.462. The van der Waals surface area contributed by atoms with Crippen LogP contribution in [0.5, 0.6) is 0 Å². The maximum Gasteiger partial charge on any atom is 0.282 e. The zero-order valence-corrected chi connectivity index (χ0v) is 11.3. The predicted molar refractivity (Wildman–Crippen MR) is 75.2 cm³/mol. The lowest BCUT2D eigenvalue weighted by Gasteiger charge is -2.30. The molecule has 20 heavy (non-hydrogen) atoms. The van der Waals surface area contributed by atoms with Gasteiger partial charge in [-0.1, -0.05) is 6.92 Å². The van der Waals surface area contributed by atoms with Gasteiger partial charge in [0.25, 0.3) is 11.6 Å². The average molecular weight is 278 g/mol. The van der Waals surface area contributed by atoms with E-state index in [0.29, 0.717) is 24.7 Å². The van der Waals surface area contributed by atoms with Gasteiger partial charge < -0.3 is 10.3 Å². The number of hydrogen-bond donors (Lipinski definition) is 2. The molecule has 7 heteroatoms. The zero-order chi connectivity index (χ0) is 14.7. The number of nitrogens with zero attached hydrogens (tertiary/aromatic N) is 2. The summed E-state index contributed by atoms with van der Waals surface area (Å²) in [5, 5.41) is 11.0. The number of benzene rings is 1. The number of piperidine rings is 1. The van der Waals surface area contributed by atoms with Gasteiger partial charge in [0.2, 0.25) is 0 Å². The van der Waals surface area contributed by atoms with Crippen LogP contribution in [0.4, 0.5) is 11.4 Å². The Hall–Kier alpha value is -2.15. The van der Waals surface area contributed by atoms with Gasteiger partial charge in [0.15, 0.2) is 0 Å². The third kappa shape index (κ3) is 2.88. The number of nitro groups is 1. The summed E-state index contributed by atoms with van der Waals surface area (Å²) in [6.07, 6.45) is 1.85. The van der Waals surface area contributed by atoms with Gasteiger partial charge in [-0.15, -0.1) is 0 Å². The molecule has 3 N–H and O–H groups in total. The molecule has 1 aliphatic heterocycles. The van der Waals surface area contributed by atoms with Crippen molar-refractivity contribution in [2.45, 2.75) is 19.8 Å². The monoisotopic (exact) mass is 278 g/mol. The molecule has 1 aromatic carbocycles. The molecule has 0 aromatic heterocycles. The van der Waals surface area contributed by atoms with E-state index in [4.69, 9.17) is 5.84 Å². The summed E-state index contributed by atoms with van der Waals surface area (Å²) in [5.41, 5.74) is 2.78. The smallest absolute Gasteiger partial charge is 0.282 e. The van der Waals surface area contributed by atoms with Gasteiger partial charge >= 0.3 is 0 Å². The summed E-state index contributed by atoms with van der Waals surface area (Å²) in [6, 6.07) is 4.21. The van der Waals surface area contributed by atoms with Crippen molar-refractivity contribution in [2.75, 3.05) is 18.5 Å². The van der Waals surface area contributed by atoms with E-state index in [0.717, 1.165) is 12.8 Å². The van der Waals surface area contributed by atoms with E-state index in [-0.39, 0.29) is 17.2 Å². The van der Waals surface area contributed by atoms with Crippen LogP contribution >= 0.6 is 0 Å². The molecule has 0 radical (unpaired) electrons. The summed E-state index contributed by atoms with van der Waals surface area (Å²) >= 11 is 0. The maximum atomic E-state index is 12.5. The van der Waals surface area contributed by atoms with Crippen LogP contribution in [0.25, 0.3) is 0 Å². The van der Waals surface area contributed by atoms with Gasteiger partial charge in [-0.2, -0.15) is 0 Å². The van der Waals surface area contributed by atoms with Crippen LogP contribution in [0, 0.1) is 16.0 Å². The van der Waals surface area contributed by atoms with E-state index in [1.807, 2.05) is 0 Å². The standard InChI is InChI=1S/C13H18N4O3/c1-9-4-6-16(7-5-9)13(18)11-8-10(15-14)2-3-12(11)17(19)20/h2-3,8-9,15H,4-7,14H2,1H3. The number of nitro benzene ring substituents is 1. The van der Waals surface area contributed by atoms with Crippen molar-refractivity contribution in [3.63, 3.8) is 0 Å². The fourth-order valence-electron chi connectivity index (χ4n) is 2.34. The first kappa shape index (κ1) is 14.3. The van der Waals surface area contributed by atoms with Gasteiger partial charge in [0.05, 0.1) is 4.92 Å². The number of anilines is 1. The number of nitrogens with two attached hydrogens (primary N) is 1. The molecule has 0 spiro atoms. The molecule has 7 nitrogen and oxygen atoms in total. The van der Waals surface area contributed by atoms with E-state index < -0.39 is 4.92 Å². The number of nitrogen functional groups attached to an aromatic ring is 1. The van der Waals surface area contributed by atoms with Crippen molar-refractivity contribution in [1.29, 1.82) is 0 Å². The molecular formula is C13H18N4O3. The van der Waals surface area contributed by atoms with Crippen LogP contribution in [-0.2, 0) is 0 Å². The Balaban J connectivity index is 2.30. The van der Waals surface area contributed by atoms with E-state index in [1.54, 1.807) is 4.90 Å². The Morgan fingerprint density at radius 3 is 2.65 bits per heavy atom. The van der Waals surface area contributed by atoms with Gasteiger partial charge in [0.1, 0.15) is 5.56 Å². The molecule has 0 saturated carbocycles. The number of hydrogen-bond acceptors (Lipinski definition) is 5. The second-order valence-corrected chi connectivity index (χ2v) is 5.11. The molecule has 1 fully saturated rings. The number of carbonyl (C=O) groups is 1. The molecule has 1 saturated heterocycles. The maximum absolute atomic E-state index is 12.5. The number of amides is 1. The molecule has 0 bridgehead atoms. The van der Waals surface area contributed by atoms with Crippen LogP contribution in [-0.4, -0.2) is 28.8 Å². The second kappa shape index (κ2) is 5.87. The highest BCUT2D eigenvalue weighted by atomic mass is 16.6. The summed E-state index contributed by atoms with van der Waals surface area (Å²) in [6.45, 7) is 3.41. The van der Waals surface area contributed by atoms with Gasteiger partial charge in [-0.3, -0.25) is 20.8 Å². The number of rotatable bonds is 3. The van der Waals surface area contributed by atoms with Crippen molar-refractivity contribution >= 4 is 17.3 Å². The quantitative estimate of drug-likeness (QED) is 0.498. The number of nitrogens with one attached hydrogen (secondary N) is 1. The third-order valence-electron chi connectivity index (χ3n) is 3.66. The van der Waals surface area contributed by atoms with Crippen LogP contribution in [0.2, 0.25) is 0 Å². The van der Waals surface area contributed by atoms with Crippen LogP contribution < -0.4 is 11.3 Å². The number of carbonyl (C=O) groups excluding carboxylic acids is 1. The normalized spacial score (nSPS) is 16.0. The van der Waals surface area contributed by atoms with E-state index >= 15 is 0 Å². The van der Waals surface area contributed by atoms with Gasteiger partial charge in [-0.05, 0) is 30.9 Å². The largest absolute Gasteiger partial charge is 0.338 e. The number of hydrazine groups is 1. The fourth-order valence-corrected chi connectivity index (χ4v) is 2.34. The molecule has 2 rings (SSSR count). The van der Waals surface area contributed by atoms with Crippen LogP contribution in [0.1, 0.15) is 30.1 Å². The first-order valence-corrected chi connectivity index (χ1v) is 6.57. The predicted octanol–water partition coefficient (Wildman–Crippen LogP) is 1.75. The Kier molecular flexibility index (Phi) is 4.19. The first-order chi connectivity index (χ1) is 9.52. The molecule has 1 heterocycles. The minimum atomic E-state index is -0.542. The van der Waals surface area contributed by atoms with Crippen molar-refractivity contribution < 1.29 is 9.72 Å². The number of likely N-dealkylation sites (tertiary alicyclic amines) is 1. The third-order valence-corrected chi connectivity index (χ3v) is 3.66. The topological polar surface area (TPSA) is 102 Å². The average Bonchev–Trinajstić information content (AvgIpc) is 2.46. The highest BCUT2D eigenvalue weighted by Gasteiger charge is 2.27. The minimum absolute atomic E-state index is 0.0833. The van der Waals surface area contributed by atoms with Crippen molar-refractivity contribution in [1.82, 2.24) is 4.90 Å². The van der Waals surface area contributed by atoms with Crippen LogP contribution in [0.15, 0.2) is 18.2 Å². The molecule has 108 valence electrons.